The van der Waals surface area contributed by atoms with E-state index in [0.717, 1.165) is 5.69 Å². The molecule has 2 N–H and O–H groups in total. The van der Waals surface area contributed by atoms with Crippen molar-refractivity contribution in [3.05, 3.63) is 48.5 Å². The number of ether oxygens (including phenoxy) is 2. The number of methoxy groups -OCH3 is 1. The molecule has 1 heterocycles. The van der Waals surface area contributed by atoms with Crippen molar-refractivity contribution in [3.63, 3.8) is 0 Å². The average Bonchev–Trinajstić information content (AvgIpc) is 2.75. The molecule has 8 nitrogen and oxygen atoms in total. The van der Waals surface area contributed by atoms with Crippen molar-refractivity contribution >= 4 is 27.3 Å². The monoisotopic (exact) mass is 419 g/mol. The van der Waals surface area contributed by atoms with Gasteiger partial charge in [-0.3, -0.25) is 4.79 Å². The summed E-state index contributed by atoms with van der Waals surface area (Å²) >= 11 is 0. The Labute approximate surface area is 170 Å². The second-order valence-electron chi connectivity index (χ2n) is 6.63. The van der Waals surface area contributed by atoms with Gasteiger partial charge < -0.3 is 20.1 Å². The molecule has 1 amide bonds. The number of carbonyl (C=O) groups excluding carboxylic acids is 1. The Bertz CT molecular complexity index is 941. The van der Waals surface area contributed by atoms with Crippen LogP contribution in [0.25, 0.3) is 0 Å². The van der Waals surface area contributed by atoms with Crippen LogP contribution < -0.4 is 15.4 Å². The van der Waals surface area contributed by atoms with Gasteiger partial charge in [-0.2, -0.15) is 4.31 Å². The van der Waals surface area contributed by atoms with Crippen LogP contribution in [0.1, 0.15) is 6.92 Å². The minimum atomic E-state index is -3.55. The van der Waals surface area contributed by atoms with E-state index in [-0.39, 0.29) is 10.8 Å². The van der Waals surface area contributed by atoms with Gasteiger partial charge in [0.25, 0.3) is 0 Å². The van der Waals surface area contributed by atoms with Crippen molar-refractivity contribution in [1.29, 1.82) is 0 Å². The zero-order valence-corrected chi connectivity index (χ0v) is 17.2. The number of sulfonamides is 1. The van der Waals surface area contributed by atoms with E-state index in [1.807, 2.05) is 18.2 Å². The first-order chi connectivity index (χ1) is 13.9. The number of nitrogens with zero attached hydrogens (tertiary/aromatic N) is 1. The Balaban J connectivity index is 1.61. The van der Waals surface area contributed by atoms with Gasteiger partial charge in [0, 0.05) is 30.5 Å². The molecular weight excluding hydrogens is 394 g/mol. The smallest absolute Gasteiger partial charge is 0.246 e. The fourth-order valence-corrected chi connectivity index (χ4v) is 4.33. The molecular formula is C20H25N3O5S. The lowest BCUT2D eigenvalue weighted by Gasteiger charge is -2.26. The van der Waals surface area contributed by atoms with Crippen LogP contribution in [0.4, 0.5) is 11.4 Å². The Morgan fingerprint density at radius 2 is 1.79 bits per heavy atom. The Morgan fingerprint density at radius 3 is 2.45 bits per heavy atom. The predicted octanol–water partition coefficient (Wildman–Crippen LogP) is 2.16. The summed E-state index contributed by atoms with van der Waals surface area (Å²) in [7, 11) is -1.97. The molecule has 29 heavy (non-hydrogen) atoms. The second kappa shape index (κ2) is 9.25. The summed E-state index contributed by atoms with van der Waals surface area (Å²) in [5, 5.41) is 5.90. The Kier molecular flexibility index (Phi) is 6.73. The van der Waals surface area contributed by atoms with Gasteiger partial charge in [-0.05, 0) is 43.3 Å². The van der Waals surface area contributed by atoms with E-state index in [2.05, 4.69) is 10.6 Å². The molecule has 1 atom stereocenters. The molecule has 0 aliphatic carbocycles. The van der Waals surface area contributed by atoms with Crippen molar-refractivity contribution in [3.8, 4) is 5.75 Å². The molecule has 2 aromatic rings. The number of carbonyl (C=O) groups is 1. The third-order valence-corrected chi connectivity index (χ3v) is 6.49. The van der Waals surface area contributed by atoms with Gasteiger partial charge in [0.05, 0.1) is 25.2 Å². The SMILES string of the molecule is COc1cccc(NC(C)C(=O)Nc2ccc(S(=O)(=O)N3CCOCC3)cc2)c1. The number of amides is 1. The molecule has 3 rings (SSSR count). The maximum atomic E-state index is 12.6. The first kappa shape index (κ1) is 21.1. The van der Waals surface area contributed by atoms with E-state index < -0.39 is 16.1 Å². The highest BCUT2D eigenvalue weighted by Gasteiger charge is 2.26. The first-order valence-electron chi connectivity index (χ1n) is 9.29. The molecule has 0 spiro atoms. The number of anilines is 2. The average molecular weight is 420 g/mol. The molecule has 0 radical (unpaired) electrons. The van der Waals surface area contributed by atoms with Crippen LogP contribution >= 0.6 is 0 Å². The van der Waals surface area contributed by atoms with Crippen LogP contribution in [-0.4, -0.2) is 58.1 Å². The van der Waals surface area contributed by atoms with Crippen LogP contribution in [0, 0.1) is 0 Å². The van der Waals surface area contributed by atoms with Gasteiger partial charge in [0.2, 0.25) is 15.9 Å². The third-order valence-electron chi connectivity index (χ3n) is 4.58. The molecule has 156 valence electrons. The van der Waals surface area contributed by atoms with Crippen LogP contribution in [0.3, 0.4) is 0 Å². The number of nitrogens with one attached hydrogen (secondary N) is 2. The summed E-state index contributed by atoms with van der Waals surface area (Å²) in [4.78, 5) is 12.6. The van der Waals surface area contributed by atoms with Crippen LogP contribution in [0.5, 0.6) is 5.75 Å². The van der Waals surface area contributed by atoms with E-state index in [1.54, 1.807) is 32.2 Å². The number of morpholine rings is 1. The molecule has 0 aromatic heterocycles. The van der Waals surface area contributed by atoms with E-state index in [9.17, 15) is 13.2 Å². The molecule has 1 aliphatic heterocycles. The maximum Gasteiger partial charge on any atom is 0.246 e. The van der Waals surface area contributed by atoms with E-state index >= 15 is 0 Å². The van der Waals surface area contributed by atoms with Crippen LogP contribution in [0.15, 0.2) is 53.4 Å². The summed E-state index contributed by atoms with van der Waals surface area (Å²) in [6, 6.07) is 13.0. The highest BCUT2D eigenvalue weighted by atomic mass is 32.2. The van der Waals surface area contributed by atoms with Crippen LogP contribution in [0.2, 0.25) is 0 Å². The summed E-state index contributed by atoms with van der Waals surface area (Å²) in [5.41, 5.74) is 1.29. The summed E-state index contributed by atoms with van der Waals surface area (Å²) in [6.07, 6.45) is 0. The fourth-order valence-electron chi connectivity index (χ4n) is 2.93. The Hall–Kier alpha value is -2.62. The van der Waals surface area contributed by atoms with E-state index in [1.165, 1.54) is 16.4 Å². The highest BCUT2D eigenvalue weighted by Crippen LogP contribution is 2.20. The standard InChI is InChI=1S/C20H25N3O5S/c1-15(21-17-4-3-5-18(14-17)27-2)20(24)22-16-6-8-19(9-7-16)29(25,26)23-10-12-28-13-11-23/h3-9,14-15,21H,10-13H2,1-2H3,(H,22,24). The van der Waals surface area contributed by atoms with Gasteiger partial charge in [0.15, 0.2) is 0 Å². The van der Waals surface area contributed by atoms with Gasteiger partial charge >= 0.3 is 0 Å². The molecule has 1 saturated heterocycles. The summed E-state index contributed by atoms with van der Waals surface area (Å²) < 4.78 is 37.1. The molecule has 0 bridgehead atoms. The molecule has 0 saturated carbocycles. The minimum Gasteiger partial charge on any atom is -0.497 e. The van der Waals surface area contributed by atoms with Gasteiger partial charge in [-0.1, -0.05) is 6.07 Å². The van der Waals surface area contributed by atoms with Crippen molar-refractivity contribution < 1.29 is 22.7 Å². The minimum absolute atomic E-state index is 0.194. The lowest BCUT2D eigenvalue weighted by atomic mass is 10.2. The zero-order chi connectivity index (χ0) is 20.9. The fraction of sp³-hybridized carbons (Fsp3) is 0.350. The first-order valence-corrected chi connectivity index (χ1v) is 10.7. The molecule has 1 unspecified atom stereocenters. The number of rotatable bonds is 7. The highest BCUT2D eigenvalue weighted by molar-refractivity contribution is 7.89. The normalized spacial score (nSPS) is 16.1. The van der Waals surface area contributed by atoms with Crippen molar-refractivity contribution in [2.45, 2.75) is 17.9 Å². The third kappa shape index (κ3) is 5.26. The zero-order valence-electron chi connectivity index (χ0n) is 16.4. The maximum absolute atomic E-state index is 12.6. The molecule has 2 aromatic carbocycles. The van der Waals surface area contributed by atoms with Gasteiger partial charge in [-0.15, -0.1) is 0 Å². The van der Waals surface area contributed by atoms with E-state index in [4.69, 9.17) is 9.47 Å². The number of hydrogen-bond donors (Lipinski definition) is 2. The molecule has 1 fully saturated rings. The topological polar surface area (TPSA) is 97.0 Å². The molecule has 9 heteroatoms. The van der Waals surface area contributed by atoms with Crippen molar-refractivity contribution in [2.24, 2.45) is 0 Å². The lowest BCUT2D eigenvalue weighted by molar-refractivity contribution is -0.116. The quantitative estimate of drug-likeness (QED) is 0.714. The lowest BCUT2D eigenvalue weighted by Crippen LogP contribution is -2.40. The van der Waals surface area contributed by atoms with Gasteiger partial charge in [-0.25, -0.2) is 8.42 Å². The Morgan fingerprint density at radius 1 is 1.10 bits per heavy atom. The summed E-state index contributed by atoms with van der Waals surface area (Å²) in [6.45, 7) is 3.21. The number of hydrogen-bond acceptors (Lipinski definition) is 6. The summed E-state index contributed by atoms with van der Waals surface area (Å²) in [5.74, 6) is 0.455. The van der Waals surface area contributed by atoms with Crippen molar-refractivity contribution in [2.75, 3.05) is 44.0 Å². The number of benzene rings is 2. The second-order valence-corrected chi connectivity index (χ2v) is 8.57. The molecule has 1 aliphatic rings. The van der Waals surface area contributed by atoms with Gasteiger partial charge in [0.1, 0.15) is 11.8 Å². The van der Waals surface area contributed by atoms with E-state index in [0.29, 0.717) is 37.7 Å². The van der Waals surface area contributed by atoms with Crippen molar-refractivity contribution in [1.82, 2.24) is 4.31 Å². The largest absolute Gasteiger partial charge is 0.497 e. The van der Waals surface area contributed by atoms with Crippen LogP contribution in [-0.2, 0) is 19.6 Å². The predicted molar refractivity (Wildman–Crippen MR) is 111 cm³/mol.